The van der Waals surface area contributed by atoms with Gasteiger partial charge in [0.15, 0.2) is 0 Å². The Morgan fingerprint density at radius 2 is 0.845 bits per heavy atom. The van der Waals surface area contributed by atoms with Crippen molar-refractivity contribution in [3.8, 4) is 27.9 Å². The summed E-state index contributed by atoms with van der Waals surface area (Å²) in [5.74, 6) is 0. The van der Waals surface area contributed by atoms with E-state index in [-0.39, 0.29) is 0 Å². The number of benzene rings is 9. The highest BCUT2D eigenvalue weighted by Gasteiger charge is 2.26. The molecule has 12 aromatic rings. The summed E-state index contributed by atoms with van der Waals surface area (Å²) in [6, 6.07) is 75.6. The summed E-state index contributed by atoms with van der Waals surface area (Å²) in [6.45, 7) is 0. The zero-order valence-corrected chi connectivity index (χ0v) is 33.0. The summed E-state index contributed by atoms with van der Waals surface area (Å²) < 4.78 is 7.69. The smallest absolute Gasteiger partial charge is 0.0640 e. The van der Waals surface area contributed by atoms with Crippen LogP contribution >= 0.6 is 22.7 Å². The number of nitrogens with zero attached hydrogens (tertiary/aromatic N) is 2. The number of fused-ring (bicyclic) bond motifs is 9. The number of para-hydroxylation sites is 3. The van der Waals surface area contributed by atoms with Gasteiger partial charge in [-0.25, -0.2) is 0 Å². The van der Waals surface area contributed by atoms with Crippen LogP contribution in [0.4, 0.5) is 17.1 Å². The molecule has 0 amide bonds. The van der Waals surface area contributed by atoms with E-state index in [9.17, 15) is 0 Å². The van der Waals surface area contributed by atoms with E-state index in [1.54, 1.807) is 0 Å². The van der Waals surface area contributed by atoms with Crippen LogP contribution in [0.2, 0.25) is 0 Å². The van der Waals surface area contributed by atoms with Crippen molar-refractivity contribution < 1.29 is 0 Å². The number of hydrogen-bond acceptors (Lipinski definition) is 3. The average Bonchev–Trinajstić information content (AvgIpc) is 3.97. The van der Waals surface area contributed by atoms with E-state index >= 15 is 0 Å². The lowest BCUT2D eigenvalue weighted by molar-refractivity contribution is 1.18. The zero-order chi connectivity index (χ0) is 38.2. The highest BCUT2D eigenvalue weighted by molar-refractivity contribution is 7.26. The zero-order valence-electron chi connectivity index (χ0n) is 31.3. The second-order valence-electron chi connectivity index (χ2n) is 14.8. The summed E-state index contributed by atoms with van der Waals surface area (Å²) in [4.78, 5) is 2.53. The minimum atomic E-state index is 1.14. The largest absolute Gasteiger partial charge is 0.309 e. The molecule has 0 fully saturated rings. The molecule has 3 aromatic heterocycles. The van der Waals surface area contributed by atoms with Crippen molar-refractivity contribution in [2.45, 2.75) is 0 Å². The van der Waals surface area contributed by atoms with Gasteiger partial charge in [-0.1, -0.05) is 158 Å². The van der Waals surface area contributed by atoms with Gasteiger partial charge in [0.1, 0.15) is 0 Å². The summed E-state index contributed by atoms with van der Waals surface area (Å²) >= 11 is 3.76. The van der Waals surface area contributed by atoms with Crippen LogP contribution in [-0.2, 0) is 0 Å². The molecular formula is C54H34N2S2. The van der Waals surface area contributed by atoms with Crippen molar-refractivity contribution in [1.29, 1.82) is 0 Å². The van der Waals surface area contributed by atoms with Crippen LogP contribution in [-0.4, -0.2) is 4.57 Å². The molecule has 272 valence electrons. The van der Waals surface area contributed by atoms with Crippen molar-refractivity contribution >= 4 is 102 Å². The second-order valence-corrected chi connectivity index (χ2v) is 16.9. The third-order valence-electron chi connectivity index (χ3n) is 11.6. The lowest BCUT2D eigenvalue weighted by Crippen LogP contribution is -2.12. The Kier molecular flexibility index (Phi) is 7.62. The van der Waals surface area contributed by atoms with Crippen LogP contribution < -0.4 is 4.90 Å². The van der Waals surface area contributed by atoms with Gasteiger partial charge in [0.05, 0.1) is 38.5 Å². The Bertz CT molecular complexity index is 3530. The van der Waals surface area contributed by atoms with E-state index in [0.29, 0.717) is 0 Å². The number of anilines is 3. The molecule has 58 heavy (non-hydrogen) atoms. The topological polar surface area (TPSA) is 8.17 Å². The molecule has 0 radical (unpaired) electrons. The number of thiophene rings is 2. The molecule has 0 aliphatic rings. The maximum atomic E-state index is 2.53. The van der Waals surface area contributed by atoms with E-state index in [4.69, 9.17) is 0 Å². The Morgan fingerprint density at radius 1 is 0.328 bits per heavy atom. The Morgan fingerprint density at radius 3 is 1.66 bits per heavy atom. The Labute approximate surface area is 343 Å². The van der Waals surface area contributed by atoms with E-state index in [2.05, 4.69) is 216 Å². The standard InChI is InChI=1S/C54H34N2S2/c1-2-17-35(18-3-1)36-19-4-9-27-44(36)56(49-32-15-26-42-39-22-8-13-34-51(39)58-54(42)49)48-31-16-30-47-52(48)43-23-6-11-29-46(43)55(47)45-28-10-5-20-37(45)40-24-14-25-41-38-21-7-12-33-50(38)57-53(40)41/h1-34H. The summed E-state index contributed by atoms with van der Waals surface area (Å²) in [7, 11) is 0. The molecule has 0 atom stereocenters. The fourth-order valence-corrected chi connectivity index (χ4v) is 11.6. The van der Waals surface area contributed by atoms with Gasteiger partial charge in [-0.15, -0.1) is 22.7 Å². The van der Waals surface area contributed by atoms with Gasteiger partial charge >= 0.3 is 0 Å². The van der Waals surface area contributed by atoms with Gasteiger partial charge in [0, 0.05) is 63.1 Å². The lowest BCUT2D eigenvalue weighted by atomic mass is 10.0. The minimum absolute atomic E-state index is 1.14. The number of hydrogen-bond donors (Lipinski definition) is 0. The van der Waals surface area contributed by atoms with Gasteiger partial charge in [-0.2, -0.15) is 0 Å². The van der Waals surface area contributed by atoms with E-state index in [0.717, 1.165) is 11.4 Å². The van der Waals surface area contributed by atoms with Crippen molar-refractivity contribution in [3.63, 3.8) is 0 Å². The molecule has 2 nitrogen and oxygen atoms in total. The SMILES string of the molecule is c1ccc(-c2ccccc2N(c2cccc3c2sc2ccccc23)c2cccc3c2c2ccccc2n3-c2ccccc2-c2cccc3c2sc2ccccc23)cc1. The molecule has 0 spiro atoms. The van der Waals surface area contributed by atoms with E-state index in [1.807, 2.05) is 22.7 Å². The number of aromatic nitrogens is 1. The van der Waals surface area contributed by atoms with Crippen molar-refractivity contribution in [2.75, 3.05) is 4.90 Å². The third-order valence-corrected chi connectivity index (χ3v) is 14.0. The number of rotatable bonds is 6. The lowest BCUT2D eigenvalue weighted by Gasteiger charge is -2.29. The van der Waals surface area contributed by atoms with Crippen LogP contribution in [0.3, 0.4) is 0 Å². The Hall–Kier alpha value is -6.98. The van der Waals surface area contributed by atoms with Gasteiger partial charge in [-0.05, 0) is 54.1 Å². The monoisotopic (exact) mass is 774 g/mol. The molecule has 12 rings (SSSR count). The molecule has 0 saturated heterocycles. The fourth-order valence-electron chi connectivity index (χ4n) is 9.13. The van der Waals surface area contributed by atoms with Crippen molar-refractivity contribution in [2.24, 2.45) is 0 Å². The molecule has 0 saturated carbocycles. The molecule has 0 aliphatic carbocycles. The summed E-state index contributed by atoms with van der Waals surface area (Å²) in [5.41, 5.74) is 11.8. The molecule has 3 heterocycles. The van der Waals surface area contributed by atoms with Gasteiger partial charge in [0.25, 0.3) is 0 Å². The molecular weight excluding hydrogens is 741 g/mol. The molecule has 0 N–H and O–H groups in total. The summed E-state index contributed by atoms with van der Waals surface area (Å²) in [6.07, 6.45) is 0. The second kappa shape index (κ2) is 13.3. The quantitative estimate of drug-likeness (QED) is 0.163. The first kappa shape index (κ1) is 33.2. The molecule has 0 aliphatic heterocycles. The van der Waals surface area contributed by atoms with Gasteiger partial charge in [0.2, 0.25) is 0 Å². The summed E-state index contributed by atoms with van der Waals surface area (Å²) in [5, 5.41) is 7.62. The highest BCUT2D eigenvalue weighted by atomic mass is 32.1. The Balaban J connectivity index is 1.17. The molecule has 4 heteroatoms. The highest BCUT2D eigenvalue weighted by Crippen LogP contribution is 2.51. The van der Waals surface area contributed by atoms with E-state index < -0.39 is 0 Å². The van der Waals surface area contributed by atoms with Crippen LogP contribution in [0.1, 0.15) is 0 Å². The predicted octanol–water partition coefficient (Wildman–Crippen LogP) is 16.3. The van der Waals surface area contributed by atoms with E-state index in [1.165, 1.54) is 95.8 Å². The predicted molar refractivity (Wildman–Crippen MR) is 252 cm³/mol. The average molecular weight is 775 g/mol. The van der Waals surface area contributed by atoms with Crippen molar-refractivity contribution in [1.82, 2.24) is 4.57 Å². The van der Waals surface area contributed by atoms with Crippen LogP contribution in [0, 0.1) is 0 Å². The fraction of sp³-hybridized carbons (Fsp3) is 0. The normalized spacial score (nSPS) is 11.8. The van der Waals surface area contributed by atoms with Crippen LogP contribution in [0.25, 0.3) is 90.1 Å². The van der Waals surface area contributed by atoms with Gasteiger partial charge in [-0.3, -0.25) is 0 Å². The molecule has 9 aromatic carbocycles. The minimum Gasteiger partial charge on any atom is -0.309 e. The van der Waals surface area contributed by atoms with Crippen LogP contribution in [0.5, 0.6) is 0 Å². The third kappa shape index (κ3) is 5.02. The van der Waals surface area contributed by atoms with Crippen molar-refractivity contribution in [3.05, 3.63) is 206 Å². The first-order chi connectivity index (χ1) is 28.8. The first-order valence-electron chi connectivity index (χ1n) is 19.7. The first-order valence-corrected chi connectivity index (χ1v) is 21.3. The maximum absolute atomic E-state index is 2.53. The maximum Gasteiger partial charge on any atom is 0.0640 e. The van der Waals surface area contributed by atoms with Gasteiger partial charge < -0.3 is 9.47 Å². The molecule has 0 bridgehead atoms. The molecule has 0 unspecified atom stereocenters. The van der Waals surface area contributed by atoms with Crippen LogP contribution in [0.15, 0.2) is 206 Å².